The molecule has 0 aliphatic rings. The molecule has 0 N–H and O–H groups in total. The Kier molecular flexibility index (Phi) is 3.13. The summed E-state index contributed by atoms with van der Waals surface area (Å²) in [7, 11) is -1.36. The predicted octanol–water partition coefficient (Wildman–Crippen LogP) is 1.29. The van der Waals surface area contributed by atoms with E-state index in [4.69, 9.17) is 0 Å². The Morgan fingerprint density at radius 2 is 2.33 bits per heavy atom. The monoisotopic (exact) mass is 141 g/mol. The molecular weight excluding hydrogens is 130 g/mol. The first-order valence-electron chi connectivity index (χ1n) is 2.79. The third kappa shape index (κ3) is 3.88. The number of nitrogens with zero attached hydrogens (tertiary/aromatic N) is 1. The van der Waals surface area contributed by atoms with Crippen molar-refractivity contribution in [2.75, 3.05) is 6.17 Å². The molecule has 0 rings (SSSR count). The number of isocyanates is 1. The van der Waals surface area contributed by atoms with Gasteiger partial charge in [0.15, 0.2) is 0 Å². The number of rotatable bonds is 3. The lowest BCUT2D eigenvalue weighted by atomic mass is 11.3. The highest BCUT2D eigenvalue weighted by Crippen LogP contribution is 2.01. The second-order valence-corrected chi connectivity index (χ2v) is 7.30. The van der Waals surface area contributed by atoms with Crippen molar-refractivity contribution in [3.05, 3.63) is 12.3 Å². The molecule has 2 nitrogen and oxygen atoms in total. The summed E-state index contributed by atoms with van der Waals surface area (Å²) in [6.07, 6.45) is 2.13. The van der Waals surface area contributed by atoms with Gasteiger partial charge in [0, 0.05) is 6.17 Å². The van der Waals surface area contributed by atoms with Crippen molar-refractivity contribution >= 4 is 14.2 Å². The molecule has 0 aliphatic heterocycles. The zero-order valence-corrected chi connectivity index (χ0v) is 6.85. The molecule has 0 radical (unpaired) electrons. The molecule has 0 unspecified atom stereocenters. The second kappa shape index (κ2) is 3.38. The molecule has 0 saturated heterocycles. The third-order valence-corrected chi connectivity index (χ3v) is 3.18. The average molecular weight is 141 g/mol. The Bertz CT molecular complexity index is 147. The van der Waals surface area contributed by atoms with E-state index in [1.54, 1.807) is 0 Å². The summed E-state index contributed by atoms with van der Waals surface area (Å²) < 4.78 is 0. The van der Waals surface area contributed by atoms with Crippen LogP contribution in [0, 0.1) is 0 Å². The van der Waals surface area contributed by atoms with Crippen LogP contribution in [0.5, 0.6) is 0 Å². The van der Waals surface area contributed by atoms with Crippen LogP contribution in [0.25, 0.3) is 0 Å². The minimum absolute atomic E-state index is 0.611. The van der Waals surface area contributed by atoms with Crippen LogP contribution in [0.2, 0.25) is 13.1 Å². The maximum atomic E-state index is 9.66. The predicted molar refractivity (Wildman–Crippen MR) is 40.7 cm³/mol. The van der Waals surface area contributed by atoms with E-state index in [9.17, 15) is 4.79 Å². The summed E-state index contributed by atoms with van der Waals surface area (Å²) in [5.41, 5.74) is 1.91. The summed E-state index contributed by atoms with van der Waals surface area (Å²) in [5, 5.41) is 0. The Morgan fingerprint density at radius 3 is 2.67 bits per heavy atom. The van der Waals surface area contributed by atoms with Crippen molar-refractivity contribution in [3.63, 3.8) is 0 Å². The van der Waals surface area contributed by atoms with Crippen LogP contribution in [0.15, 0.2) is 17.3 Å². The summed E-state index contributed by atoms with van der Waals surface area (Å²) in [5.74, 6) is 0. The highest BCUT2D eigenvalue weighted by molar-refractivity contribution is 6.82. The van der Waals surface area contributed by atoms with E-state index in [0.717, 1.165) is 0 Å². The fourth-order valence-corrected chi connectivity index (χ4v) is 0.902. The van der Waals surface area contributed by atoms with Gasteiger partial charge in [-0.05, 0) is 0 Å². The van der Waals surface area contributed by atoms with Crippen molar-refractivity contribution in [1.82, 2.24) is 0 Å². The first-order valence-corrected chi connectivity index (χ1v) is 6.08. The van der Waals surface area contributed by atoms with E-state index in [0.29, 0.717) is 6.17 Å². The van der Waals surface area contributed by atoms with E-state index in [1.165, 1.54) is 6.08 Å². The summed E-state index contributed by atoms with van der Waals surface area (Å²) >= 11 is 0. The molecule has 50 valence electrons. The van der Waals surface area contributed by atoms with E-state index >= 15 is 0 Å². The molecule has 0 fully saturated rings. The highest BCUT2D eigenvalue weighted by Gasteiger charge is 2.13. The Labute approximate surface area is 56.3 Å². The maximum absolute atomic E-state index is 9.66. The topological polar surface area (TPSA) is 29.4 Å². The summed E-state index contributed by atoms with van der Waals surface area (Å²) in [6.45, 7) is 7.85. The van der Waals surface area contributed by atoms with Crippen molar-refractivity contribution in [1.29, 1.82) is 0 Å². The molecular formula is C6H11NOSi. The number of hydrogen-bond acceptors (Lipinski definition) is 2. The SMILES string of the molecule is C=C[Si](C)(C)CN=C=O. The zero-order chi connectivity index (χ0) is 7.33. The molecule has 0 atom stereocenters. The molecule has 0 aromatic heterocycles. The van der Waals surface area contributed by atoms with Crippen molar-refractivity contribution < 1.29 is 4.79 Å². The van der Waals surface area contributed by atoms with Crippen LogP contribution in [0.4, 0.5) is 0 Å². The molecule has 0 aliphatic carbocycles. The van der Waals surface area contributed by atoms with Gasteiger partial charge in [-0.1, -0.05) is 18.8 Å². The minimum atomic E-state index is -1.36. The van der Waals surface area contributed by atoms with E-state index < -0.39 is 8.07 Å². The van der Waals surface area contributed by atoms with E-state index in [-0.39, 0.29) is 0 Å². The first kappa shape index (κ1) is 8.34. The lowest BCUT2D eigenvalue weighted by molar-refractivity contribution is 0.564. The van der Waals surface area contributed by atoms with Crippen molar-refractivity contribution in [2.45, 2.75) is 13.1 Å². The van der Waals surface area contributed by atoms with Crippen LogP contribution < -0.4 is 0 Å². The van der Waals surface area contributed by atoms with Gasteiger partial charge in [-0.3, -0.25) is 0 Å². The fraction of sp³-hybridized carbons (Fsp3) is 0.500. The number of carbonyl (C=O) groups excluding carboxylic acids is 1. The van der Waals surface area contributed by atoms with Gasteiger partial charge in [-0.25, -0.2) is 9.79 Å². The maximum Gasteiger partial charge on any atom is 0.234 e. The van der Waals surface area contributed by atoms with Crippen LogP contribution in [-0.2, 0) is 4.79 Å². The number of hydrogen-bond donors (Lipinski definition) is 0. The van der Waals surface area contributed by atoms with Gasteiger partial charge in [-0.2, -0.15) is 0 Å². The van der Waals surface area contributed by atoms with Gasteiger partial charge in [0.25, 0.3) is 0 Å². The third-order valence-electron chi connectivity index (χ3n) is 1.10. The van der Waals surface area contributed by atoms with Gasteiger partial charge in [-0.15, -0.1) is 6.58 Å². The van der Waals surface area contributed by atoms with Crippen molar-refractivity contribution in [3.8, 4) is 0 Å². The zero-order valence-electron chi connectivity index (χ0n) is 5.85. The molecule has 0 aromatic rings. The molecule has 3 heteroatoms. The Hall–Kier alpha value is -0.663. The van der Waals surface area contributed by atoms with Crippen molar-refractivity contribution in [2.24, 2.45) is 4.99 Å². The van der Waals surface area contributed by atoms with Crippen LogP contribution >= 0.6 is 0 Å². The van der Waals surface area contributed by atoms with Crippen LogP contribution in [0.1, 0.15) is 0 Å². The fourth-order valence-electron chi connectivity index (χ4n) is 0.301. The molecule has 0 spiro atoms. The van der Waals surface area contributed by atoms with E-state index in [2.05, 4.69) is 24.7 Å². The Morgan fingerprint density at radius 1 is 1.78 bits per heavy atom. The van der Waals surface area contributed by atoms with Gasteiger partial charge >= 0.3 is 0 Å². The summed E-state index contributed by atoms with van der Waals surface area (Å²) in [6, 6.07) is 0. The Balaban J connectivity index is 3.85. The lowest BCUT2D eigenvalue weighted by Gasteiger charge is -2.10. The quantitative estimate of drug-likeness (QED) is 0.331. The minimum Gasteiger partial charge on any atom is -0.211 e. The van der Waals surface area contributed by atoms with Gasteiger partial charge < -0.3 is 0 Å². The smallest absolute Gasteiger partial charge is 0.211 e. The number of aliphatic imine (C=N–C) groups is 1. The highest BCUT2D eigenvalue weighted by atomic mass is 28.3. The largest absolute Gasteiger partial charge is 0.234 e. The van der Waals surface area contributed by atoms with Gasteiger partial charge in [0.2, 0.25) is 6.08 Å². The first-order chi connectivity index (χ1) is 4.12. The standard InChI is InChI=1S/C6H11NOSi/c1-4-9(2,3)6-7-5-8/h4H,1,6H2,2-3H3. The average Bonchev–Trinajstić information content (AvgIpc) is 1.84. The molecule has 0 amide bonds. The van der Waals surface area contributed by atoms with Crippen LogP contribution in [0.3, 0.4) is 0 Å². The molecule has 9 heavy (non-hydrogen) atoms. The van der Waals surface area contributed by atoms with Gasteiger partial charge in [0.1, 0.15) is 0 Å². The normalized spacial score (nSPS) is 10.0. The second-order valence-electron chi connectivity index (χ2n) is 2.60. The van der Waals surface area contributed by atoms with Gasteiger partial charge in [0.05, 0.1) is 8.07 Å². The molecule has 0 bridgehead atoms. The van der Waals surface area contributed by atoms with E-state index in [1.807, 2.05) is 5.70 Å². The van der Waals surface area contributed by atoms with Crippen LogP contribution in [-0.4, -0.2) is 20.3 Å². The summed E-state index contributed by atoms with van der Waals surface area (Å²) in [4.78, 5) is 13.2. The lowest BCUT2D eigenvalue weighted by Crippen LogP contribution is -2.26. The molecule has 0 aromatic carbocycles. The molecule has 0 heterocycles. The molecule has 0 saturated carbocycles.